The zero-order valence-electron chi connectivity index (χ0n) is 16.4. The lowest BCUT2D eigenvalue weighted by Crippen LogP contribution is -2.49. The van der Waals surface area contributed by atoms with Crippen molar-refractivity contribution in [3.63, 3.8) is 0 Å². The van der Waals surface area contributed by atoms with Gasteiger partial charge in [-0.15, -0.1) is 24.5 Å². The number of carbonyl (C=O) groups is 1. The molecule has 1 atom stereocenters. The third-order valence-corrected chi connectivity index (χ3v) is 7.28. The molecule has 4 rings (SSSR count). The van der Waals surface area contributed by atoms with Gasteiger partial charge in [0.05, 0.1) is 11.3 Å². The molecular formula is C18H22N7O3PS. The van der Waals surface area contributed by atoms with E-state index in [-0.39, 0.29) is 17.2 Å². The number of amides is 1. The molecule has 10 nitrogen and oxygen atoms in total. The molecule has 1 N–H and O–H groups in total. The molecule has 0 spiro atoms. The van der Waals surface area contributed by atoms with Crippen molar-refractivity contribution in [3.8, 4) is 0 Å². The second-order valence-electron chi connectivity index (χ2n) is 6.95. The van der Waals surface area contributed by atoms with Gasteiger partial charge in [-0.05, 0) is 36.1 Å². The summed E-state index contributed by atoms with van der Waals surface area (Å²) in [6, 6.07) is 8.79. The fourth-order valence-electron chi connectivity index (χ4n) is 3.39. The number of hydrogen-bond donors (Lipinski definition) is 1. The first-order chi connectivity index (χ1) is 14.4. The molecule has 1 saturated heterocycles. The summed E-state index contributed by atoms with van der Waals surface area (Å²) < 4.78 is 28.3. The van der Waals surface area contributed by atoms with E-state index in [4.69, 9.17) is 0 Å². The van der Waals surface area contributed by atoms with Gasteiger partial charge in [0.25, 0.3) is 0 Å². The summed E-state index contributed by atoms with van der Waals surface area (Å²) in [6.45, 7) is 2.47. The number of benzene rings is 1. The van der Waals surface area contributed by atoms with Crippen molar-refractivity contribution in [2.45, 2.75) is 11.3 Å². The average molecular weight is 447 g/mol. The van der Waals surface area contributed by atoms with Crippen LogP contribution in [0.3, 0.4) is 0 Å². The van der Waals surface area contributed by atoms with Gasteiger partial charge >= 0.3 is 0 Å². The minimum absolute atomic E-state index is 0.0267. The minimum atomic E-state index is -3.58. The number of anilines is 1. The highest BCUT2D eigenvalue weighted by molar-refractivity contribution is 7.89. The predicted octanol–water partition coefficient (Wildman–Crippen LogP) is -0.576. The normalized spacial score (nSPS) is 15.0. The Morgan fingerprint density at radius 1 is 1.17 bits per heavy atom. The first kappa shape index (κ1) is 20.6. The predicted molar refractivity (Wildman–Crippen MR) is 115 cm³/mol. The summed E-state index contributed by atoms with van der Waals surface area (Å²) in [5.74, 6) is 0.786. The number of piperazine rings is 1. The van der Waals surface area contributed by atoms with Crippen molar-refractivity contribution in [1.29, 1.82) is 0 Å². The summed E-state index contributed by atoms with van der Waals surface area (Å²) in [7, 11) is 0.198. The molecule has 12 heteroatoms. The minimum Gasteiger partial charge on any atom is -0.352 e. The Labute approximate surface area is 176 Å². The van der Waals surface area contributed by atoms with Crippen LogP contribution in [0.5, 0.6) is 0 Å². The lowest BCUT2D eigenvalue weighted by Gasteiger charge is -2.35. The van der Waals surface area contributed by atoms with Crippen LogP contribution in [0.2, 0.25) is 0 Å². The monoisotopic (exact) mass is 447 g/mol. The molecule has 0 saturated carbocycles. The Kier molecular flexibility index (Phi) is 5.68. The second kappa shape index (κ2) is 8.25. The van der Waals surface area contributed by atoms with E-state index in [1.54, 1.807) is 33.9 Å². The fourth-order valence-corrected chi connectivity index (χ4v) is 4.94. The fraction of sp³-hybridized carbons (Fsp3) is 0.333. The number of carbonyl (C=O) groups excluding carboxylic acids is 1. The molecule has 3 aromatic rings. The maximum atomic E-state index is 12.8. The van der Waals surface area contributed by atoms with Gasteiger partial charge < -0.3 is 9.80 Å². The van der Waals surface area contributed by atoms with E-state index >= 15 is 0 Å². The van der Waals surface area contributed by atoms with Gasteiger partial charge in [-0.2, -0.15) is 4.52 Å². The molecule has 1 unspecified atom stereocenters. The van der Waals surface area contributed by atoms with Gasteiger partial charge in [0.15, 0.2) is 5.65 Å². The Balaban J connectivity index is 1.40. The quantitative estimate of drug-likeness (QED) is 0.521. The molecule has 158 valence electrons. The van der Waals surface area contributed by atoms with Crippen molar-refractivity contribution >= 4 is 41.9 Å². The van der Waals surface area contributed by atoms with E-state index in [1.165, 1.54) is 7.05 Å². The lowest BCUT2D eigenvalue weighted by atomic mass is 10.1. The Hall–Kier alpha value is -2.62. The van der Waals surface area contributed by atoms with Crippen molar-refractivity contribution in [2.75, 3.05) is 38.1 Å². The van der Waals surface area contributed by atoms with E-state index in [9.17, 15) is 13.2 Å². The Bertz CT molecular complexity index is 1190. The van der Waals surface area contributed by atoms with Gasteiger partial charge in [-0.25, -0.2) is 13.1 Å². The summed E-state index contributed by atoms with van der Waals surface area (Å²) in [5, 5.41) is 12.8. The second-order valence-corrected chi connectivity index (χ2v) is 9.43. The number of sulfonamides is 1. The molecule has 1 amide bonds. The number of nitrogens with zero attached hydrogens (tertiary/aromatic N) is 6. The summed E-state index contributed by atoms with van der Waals surface area (Å²) in [6.07, 6.45) is 1.71. The molecular weight excluding hydrogens is 425 g/mol. The Morgan fingerprint density at radius 2 is 1.93 bits per heavy atom. The maximum Gasteiger partial charge on any atom is 0.240 e. The number of aromatic nitrogens is 4. The molecule has 1 fully saturated rings. The molecule has 2 aromatic heterocycles. The topological polar surface area (TPSA) is 113 Å². The number of hydrogen-bond acceptors (Lipinski definition) is 7. The van der Waals surface area contributed by atoms with Crippen LogP contribution in [0.1, 0.15) is 5.56 Å². The number of nitrogens with one attached hydrogen (secondary N) is 1. The summed E-state index contributed by atoms with van der Waals surface area (Å²) in [5.41, 5.74) is 1.35. The van der Waals surface area contributed by atoms with Gasteiger partial charge in [0.1, 0.15) is 12.1 Å². The van der Waals surface area contributed by atoms with Crippen LogP contribution in [0.15, 0.2) is 41.6 Å². The van der Waals surface area contributed by atoms with Crippen LogP contribution in [-0.2, 0) is 21.2 Å². The van der Waals surface area contributed by atoms with E-state index in [2.05, 4.69) is 34.2 Å². The highest BCUT2D eigenvalue weighted by atomic mass is 32.2. The van der Waals surface area contributed by atoms with Crippen LogP contribution in [0, 0.1) is 0 Å². The van der Waals surface area contributed by atoms with E-state index in [0.717, 1.165) is 5.82 Å². The third-order valence-electron chi connectivity index (χ3n) is 5.10. The molecule has 0 aliphatic carbocycles. The molecule has 1 aliphatic rings. The largest absolute Gasteiger partial charge is 0.352 e. The average Bonchev–Trinajstić information content (AvgIpc) is 3.23. The zero-order chi connectivity index (χ0) is 21.3. The number of fused-ring (bicyclic) bond motifs is 1. The van der Waals surface area contributed by atoms with Crippen molar-refractivity contribution in [2.24, 2.45) is 0 Å². The lowest BCUT2D eigenvalue weighted by molar-refractivity contribution is -0.130. The molecule has 1 aromatic carbocycles. The third kappa shape index (κ3) is 4.14. The smallest absolute Gasteiger partial charge is 0.240 e. The van der Waals surface area contributed by atoms with Gasteiger partial charge in [0.2, 0.25) is 15.9 Å². The standard InChI is InChI=1S/C18H22N7O3PS/c1-19-30(27,28)15-10-13(2-3-14(15)29)11-18(26)24-8-6-23(7-9-24)17-5-4-16-21-20-12-25(16)22-17/h2-5,10,12,19H,6-9,11,29H2,1H3. The molecule has 1 aliphatic heterocycles. The molecule has 3 heterocycles. The SMILES string of the molecule is CNS(=O)(=O)c1cc(CC(=O)N2CCN(c3ccc4nncn4n3)CC2)ccc1P. The van der Waals surface area contributed by atoms with E-state index < -0.39 is 10.0 Å². The first-order valence-corrected chi connectivity index (χ1v) is 11.5. The van der Waals surface area contributed by atoms with Crippen LogP contribution in [0.25, 0.3) is 5.65 Å². The van der Waals surface area contributed by atoms with Crippen LogP contribution in [0.4, 0.5) is 5.82 Å². The van der Waals surface area contributed by atoms with Gasteiger partial charge in [-0.3, -0.25) is 4.79 Å². The zero-order valence-corrected chi connectivity index (χ0v) is 18.4. The van der Waals surface area contributed by atoms with Crippen LogP contribution in [-0.4, -0.2) is 72.3 Å². The molecule has 0 bridgehead atoms. The van der Waals surface area contributed by atoms with E-state index in [1.807, 2.05) is 12.1 Å². The highest BCUT2D eigenvalue weighted by Crippen LogP contribution is 2.16. The number of rotatable bonds is 5. The van der Waals surface area contributed by atoms with Gasteiger partial charge in [0, 0.05) is 26.2 Å². The van der Waals surface area contributed by atoms with Crippen LogP contribution < -0.4 is 14.9 Å². The molecule has 30 heavy (non-hydrogen) atoms. The maximum absolute atomic E-state index is 12.8. The van der Waals surface area contributed by atoms with Crippen molar-refractivity contribution < 1.29 is 13.2 Å². The van der Waals surface area contributed by atoms with Crippen molar-refractivity contribution in [1.82, 2.24) is 29.4 Å². The summed E-state index contributed by atoms with van der Waals surface area (Å²) in [4.78, 5) is 16.8. The van der Waals surface area contributed by atoms with Gasteiger partial charge in [-0.1, -0.05) is 12.1 Å². The highest BCUT2D eigenvalue weighted by Gasteiger charge is 2.23. The van der Waals surface area contributed by atoms with Crippen LogP contribution >= 0.6 is 9.24 Å². The summed E-state index contributed by atoms with van der Waals surface area (Å²) >= 11 is 0. The van der Waals surface area contributed by atoms with Crippen molar-refractivity contribution in [3.05, 3.63) is 42.2 Å². The Morgan fingerprint density at radius 3 is 2.67 bits per heavy atom. The first-order valence-electron chi connectivity index (χ1n) is 9.39. The molecule has 0 radical (unpaired) electrons. The van der Waals surface area contributed by atoms with E-state index in [0.29, 0.717) is 42.7 Å².